The highest BCUT2D eigenvalue weighted by molar-refractivity contribution is 5.85. The molecule has 0 aliphatic heterocycles. The van der Waals surface area contributed by atoms with Gasteiger partial charge in [-0.2, -0.15) is 0 Å². The third-order valence-corrected chi connectivity index (χ3v) is 3.40. The summed E-state index contributed by atoms with van der Waals surface area (Å²) in [5.74, 6) is -0.516. The molecule has 0 aliphatic rings. The maximum absolute atomic E-state index is 12.0. The molecule has 0 spiro atoms. The maximum Gasteiger partial charge on any atom is 0.407 e. The predicted octanol–water partition coefficient (Wildman–Crippen LogP) is 1.00. The monoisotopic (exact) mass is 376 g/mol. The Balaban J connectivity index is 4.09. The predicted molar refractivity (Wildman–Crippen MR) is 94.8 cm³/mol. The van der Waals surface area contributed by atoms with Crippen LogP contribution in [0.4, 0.5) is 4.79 Å². The first-order chi connectivity index (χ1) is 12.5. The number of nitrogens with one attached hydrogen (secondary N) is 2. The topological polar surface area (TPSA) is 112 Å². The molecule has 0 bridgehead atoms. The van der Waals surface area contributed by atoms with Crippen molar-refractivity contribution in [3.05, 3.63) is 0 Å². The van der Waals surface area contributed by atoms with Gasteiger partial charge in [-0.15, -0.1) is 0 Å². The van der Waals surface area contributed by atoms with E-state index in [1.54, 1.807) is 14.0 Å². The Morgan fingerprint density at radius 2 is 1.54 bits per heavy atom. The molecule has 0 radical (unpaired) electrons. The number of hydrogen-bond donors (Lipinski definition) is 2. The highest BCUT2D eigenvalue weighted by Gasteiger charge is 2.20. The minimum absolute atomic E-state index is 0.121. The van der Waals surface area contributed by atoms with Crippen LogP contribution in [0.2, 0.25) is 0 Å². The van der Waals surface area contributed by atoms with E-state index >= 15 is 0 Å². The van der Waals surface area contributed by atoms with Crippen molar-refractivity contribution in [2.45, 2.75) is 45.1 Å². The third kappa shape index (κ3) is 13.4. The minimum atomic E-state index is -0.668. The number of esters is 1. The van der Waals surface area contributed by atoms with Crippen LogP contribution in [0.5, 0.6) is 0 Å². The van der Waals surface area contributed by atoms with Gasteiger partial charge < -0.3 is 29.6 Å². The molecule has 0 saturated heterocycles. The van der Waals surface area contributed by atoms with Crippen LogP contribution < -0.4 is 10.6 Å². The maximum atomic E-state index is 12.0. The molecule has 2 amide bonds. The van der Waals surface area contributed by atoms with Crippen LogP contribution >= 0.6 is 0 Å². The number of unbranched alkanes of at least 4 members (excludes halogenated alkanes) is 2. The van der Waals surface area contributed by atoms with Gasteiger partial charge in [0.1, 0.15) is 19.3 Å². The van der Waals surface area contributed by atoms with E-state index in [0.717, 1.165) is 6.42 Å². The van der Waals surface area contributed by atoms with E-state index in [1.807, 2.05) is 0 Å². The molecule has 0 aromatic carbocycles. The second-order valence-corrected chi connectivity index (χ2v) is 5.53. The quantitative estimate of drug-likeness (QED) is 0.324. The van der Waals surface area contributed by atoms with E-state index in [1.165, 1.54) is 7.11 Å². The summed E-state index contributed by atoms with van der Waals surface area (Å²) in [6, 6.07) is -0.668. The molecule has 0 rings (SSSR count). The lowest BCUT2D eigenvalue weighted by molar-refractivity contribution is -0.145. The van der Waals surface area contributed by atoms with E-state index in [2.05, 4.69) is 10.6 Å². The Morgan fingerprint density at radius 1 is 0.885 bits per heavy atom. The largest absolute Gasteiger partial charge is 0.463 e. The van der Waals surface area contributed by atoms with Crippen molar-refractivity contribution in [2.75, 3.05) is 47.2 Å². The number of amides is 2. The molecule has 152 valence electrons. The highest BCUT2D eigenvalue weighted by Crippen LogP contribution is 2.07. The van der Waals surface area contributed by atoms with E-state index in [-0.39, 0.29) is 25.1 Å². The van der Waals surface area contributed by atoms with Gasteiger partial charge in [-0.3, -0.25) is 9.59 Å². The smallest absolute Gasteiger partial charge is 0.407 e. The van der Waals surface area contributed by atoms with Gasteiger partial charge in [-0.1, -0.05) is 12.8 Å². The molecular weight excluding hydrogens is 344 g/mol. The first-order valence-corrected chi connectivity index (χ1v) is 8.89. The van der Waals surface area contributed by atoms with Crippen LogP contribution in [0.3, 0.4) is 0 Å². The molecule has 0 heterocycles. The number of ether oxygens (including phenoxy) is 4. The molecule has 9 nitrogen and oxygen atoms in total. The zero-order valence-corrected chi connectivity index (χ0v) is 16.0. The fourth-order valence-corrected chi connectivity index (χ4v) is 2.07. The number of rotatable bonds is 15. The number of methoxy groups -OCH3 is 2. The molecule has 2 N–H and O–H groups in total. The number of hydrogen-bond acceptors (Lipinski definition) is 7. The van der Waals surface area contributed by atoms with Crippen molar-refractivity contribution in [1.82, 2.24) is 10.6 Å². The molecule has 0 aromatic rings. The Morgan fingerprint density at radius 3 is 2.15 bits per heavy atom. The van der Waals surface area contributed by atoms with Gasteiger partial charge in [0.25, 0.3) is 0 Å². The van der Waals surface area contributed by atoms with Crippen molar-refractivity contribution < 1.29 is 33.3 Å². The summed E-state index contributed by atoms with van der Waals surface area (Å²) in [6.45, 7) is 3.33. The van der Waals surface area contributed by atoms with Gasteiger partial charge in [0.2, 0.25) is 5.91 Å². The Hall–Kier alpha value is -1.87. The summed E-state index contributed by atoms with van der Waals surface area (Å²) >= 11 is 0. The van der Waals surface area contributed by atoms with Gasteiger partial charge >= 0.3 is 12.1 Å². The molecule has 9 heteroatoms. The molecule has 0 aromatic heterocycles. The summed E-state index contributed by atoms with van der Waals surface area (Å²) in [7, 11) is 3.05. The van der Waals surface area contributed by atoms with Crippen molar-refractivity contribution in [3.8, 4) is 0 Å². The van der Waals surface area contributed by atoms with E-state index in [9.17, 15) is 14.4 Å². The van der Waals surface area contributed by atoms with Crippen LogP contribution in [0.15, 0.2) is 0 Å². The highest BCUT2D eigenvalue weighted by atomic mass is 16.6. The lowest BCUT2D eigenvalue weighted by Gasteiger charge is -2.17. The van der Waals surface area contributed by atoms with Crippen LogP contribution in [0, 0.1) is 0 Å². The average molecular weight is 376 g/mol. The normalized spacial score (nSPS) is 11.5. The van der Waals surface area contributed by atoms with E-state index in [0.29, 0.717) is 45.4 Å². The SMILES string of the molecule is CCNC(=O)C(CCCCCC(=O)OCCOC)NC(=O)OCCOC. The minimum Gasteiger partial charge on any atom is -0.463 e. The second-order valence-electron chi connectivity index (χ2n) is 5.53. The lowest BCUT2D eigenvalue weighted by Crippen LogP contribution is -2.47. The summed E-state index contributed by atoms with van der Waals surface area (Å²) in [5, 5.41) is 5.25. The fraction of sp³-hybridized carbons (Fsp3) is 0.824. The van der Waals surface area contributed by atoms with Gasteiger partial charge in [0.15, 0.2) is 0 Å². The standard InChI is InChI=1S/C17H32N2O7/c1-4-18-16(21)14(19-17(22)26-13-11-24-3)8-6-5-7-9-15(20)25-12-10-23-2/h14H,4-13H2,1-3H3,(H,18,21)(H,19,22). The van der Waals surface area contributed by atoms with Crippen molar-refractivity contribution >= 4 is 18.0 Å². The zero-order valence-electron chi connectivity index (χ0n) is 16.0. The summed E-state index contributed by atoms with van der Waals surface area (Å²) in [5.41, 5.74) is 0. The lowest BCUT2D eigenvalue weighted by atomic mass is 10.1. The molecule has 1 atom stereocenters. The molecule has 1 unspecified atom stereocenters. The summed E-state index contributed by atoms with van der Waals surface area (Å²) < 4.78 is 19.5. The molecule has 0 saturated carbocycles. The summed E-state index contributed by atoms with van der Waals surface area (Å²) in [6.07, 6.45) is 2.22. The first-order valence-electron chi connectivity index (χ1n) is 8.89. The van der Waals surface area contributed by atoms with Crippen molar-refractivity contribution in [3.63, 3.8) is 0 Å². The molecular formula is C17H32N2O7. The molecule has 0 aliphatic carbocycles. The van der Waals surface area contributed by atoms with Crippen molar-refractivity contribution in [1.29, 1.82) is 0 Å². The first kappa shape index (κ1) is 24.1. The Labute approximate surface area is 155 Å². The van der Waals surface area contributed by atoms with Gasteiger partial charge in [-0.25, -0.2) is 4.79 Å². The van der Waals surface area contributed by atoms with Crippen LogP contribution in [0.25, 0.3) is 0 Å². The van der Waals surface area contributed by atoms with E-state index < -0.39 is 12.1 Å². The van der Waals surface area contributed by atoms with Crippen molar-refractivity contribution in [2.24, 2.45) is 0 Å². The van der Waals surface area contributed by atoms with E-state index in [4.69, 9.17) is 18.9 Å². The Kier molecular flexibility index (Phi) is 15.4. The summed E-state index contributed by atoms with van der Waals surface area (Å²) in [4.78, 5) is 35.2. The van der Waals surface area contributed by atoms with Gasteiger partial charge in [-0.05, 0) is 19.8 Å². The molecule has 0 fully saturated rings. The van der Waals surface area contributed by atoms with Gasteiger partial charge in [0, 0.05) is 27.2 Å². The average Bonchev–Trinajstić information content (AvgIpc) is 2.61. The number of carbonyl (C=O) groups is 3. The third-order valence-electron chi connectivity index (χ3n) is 3.40. The number of carbonyl (C=O) groups excluding carboxylic acids is 3. The fourth-order valence-electron chi connectivity index (χ4n) is 2.07. The van der Waals surface area contributed by atoms with Crippen LogP contribution in [-0.4, -0.2) is 71.2 Å². The van der Waals surface area contributed by atoms with Crippen LogP contribution in [-0.2, 0) is 28.5 Å². The second kappa shape index (κ2) is 16.6. The molecule has 26 heavy (non-hydrogen) atoms. The van der Waals surface area contributed by atoms with Crippen LogP contribution in [0.1, 0.15) is 39.0 Å². The zero-order chi connectivity index (χ0) is 19.6. The number of alkyl carbamates (subject to hydrolysis) is 1. The Bertz CT molecular complexity index is 405. The van der Waals surface area contributed by atoms with Gasteiger partial charge in [0.05, 0.1) is 13.2 Å². The number of likely N-dealkylation sites (N-methyl/N-ethyl adjacent to an activating group) is 1.